The van der Waals surface area contributed by atoms with Gasteiger partial charge in [-0.1, -0.05) is 19.1 Å². The summed E-state index contributed by atoms with van der Waals surface area (Å²) in [5.41, 5.74) is 1.18. The van der Waals surface area contributed by atoms with Gasteiger partial charge in [0.2, 0.25) is 0 Å². The number of hydrogen-bond acceptors (Lipinski definition) is 8. The lowest BCUT2D eigenvalue weighted by molar-refractivity contribution is 0.0451. The van der Waals surface area contributed by atoms with E-state index in [4.69, 9.17) is 9.47 Å². The predicted molar refractivity (Wildman–Crippen MR) is 94.9 cm³/mol. The molecule has 3 rings (SSSR count). The molecule has 2 heterocycles. The first-order valence-electron chi connectivity index (χ1n) is 8.22. The van der Waals surface area contributed by atoms with Crippen molar-refractivity contribution in [3.63, 3.8) is 0 Å². The van der Waals surface area contributed by atoms with Crippen LogP contribution in [0.5, 0.6) is 5.75 Å². The van der Waals surface area contributed by atoms with Crippen LogP contribution in [0.25, 0.3) is 0 Å². The zero-order valence-corrected chi connectivity index (χ0v) is 15.4. The van der Waals surface area contributed by atoms with Crippen molar-refractivity contribution >= 4 is 17.3 Å². The summed E-state index contributed by atoms with van der Waals surface area (Å²) in [5.74, 6) is 0.481. The smallest absolute Gasteiger partial charge is 0.342 e. The standard InChI is InChI=1S/C17H19N5O3S/c1-3-8-22-16(19-20-21-22)10-25-17(23)14-6-4-5-7-15(14)24-9-13-11-26-12(2)18-13/h4-7,11H,3,8-10H2,1-2H3. The minimum absolute atomic E-state index is 0.00541. The number of esters is 1. The van der Waals surface area contributed by atoms with E-state index >= 15 is 0 Å². The summed E-state index contributed by atoms with van der Waals surface area (Å²) in [6, 6.07) is 6.97. The summed E-state index contributed by atoms with van der Waals surface area (Å²) < 4.78 is 12.7. The maximum absolute atomic E-state index is 12.5. The van der Waals surface area contributed by atoms with E-state index in [-0.39, 0.29) is 6.61 Å². The molecule has 0 aliphatic rings. The lowest BCUT2D eigenvalue weighted by Crippen LogP contribution is -2.12. The van der Waals surface area contributed by atoms with Crippen LogP contribution in [0, 0.1) is 6.92 Å². The van der Waals surface area contributed by atoms with Crippen molar-refractivity contribution in [2.75, 3.05) is 0 Å². The van der Waals surface area contributed by atoms with E-state index in [0.29, 0.717) is 30.3 Å². The van der Waals surface area contributed by atoms with Gasteiger partial charge in [-0.05, 0) is 35.9 Å². The molecule has 0 saturated heterocycles. The fraction of sp³-hybridized carbons (Fsp3) is 0.353. The monoisotopic (exact) mass is 373 g/mol. The molecule has 2 aromatic heterocycles. The Morgan fingerprint density at radius 3 is 2.88 bits per heavy atom. The van der Waals surface area contributed by atoms with Crippen LogP contribution in [-0.4, -0.2) is 31.2 Å². The lowest BCUT2D eigenvalue weighted by atomic mass is 10.2. The molecule has 0 aliphatic heterocycles. The van der Waals surface area contributed by atoms with E-state index in [0.717, 1.165) is 17.1 Å². The Bertz CT molecular complexity index is 877. The molecule has 0 saturated carbocycles. The zero-order chi connectivity index (χ0) is 18.4. The Balaban J connectivity index is 1.64. The summed E-state index contributed by atoms with van der Waals surface area (Å²) >= 11 is 1.56. The molecule has 9 heteroatoms. The van der Waals surface area contributed by atoms with Crippen LogP contribution in [0.2, 0.25) is 0 Å². The minimum Gasteiger partial charge on any atom is -0.486 e. The van der Waals surface area contributed by atoms with Gasteiger partial charge in [-0.25, -0.2) is 14.5 Å². The SMILES string of the molecule is CCCn1nnnc1COC(=O)c1ccccc1OCc1csc(C)n1. The topological polar surface area (TPSA) is 92.0 Å². The molecule has 0 spiro atoms. The summed E-state index contributed by atoms with van der Waals surface area (Å²) in [7, 11) is 0. The molecule has 0 bridgehead atoms. The summed E-state index contributed by atoms with van der Waals surface area (Å²) in [6.45, 7) is 4.93. The van der Waals surface area contributed by atoms with E-state index in [9.17, 15) is 4.79 Å². The molecule has 0 aliphatic carbocycles. The number of aryl methyl sites for hydroxylation is 2. The van der Waals surface area contributed by atoms with Gasteiger partial charge in [0.05, 0.1) is 10.7 Å². The predicted octanol–water partition coefficient (Wildman–Crippen LogP) is 2.78. The van der Waals surface area contributed by atoms with Crippen molar-refractivity contribution < 1.29 is 14.3 Å². The third kappa shape index (κ3) is 4.42. The van der Waals surface area contributed by atoms with Gasteiger partial charge in [0.1, 0.15) is 17.9 Å². The van der Waals surface area contributed by atoms with Crippen molar-refractivity contribution in [2.24, 2.45) is 0 Å². The summed E-state index contributed by atoms with van der Waals surface area (Å²) in [6.07, 6.45) is 0.888. The fourth-order valence-electron chi connectivity index (χ4n) is 2.31. The normalized spacial score (nSPS) is 10.7. The maximum Gasteiger partial charge on any atom is 0.342 e. The molecule has 0 radical (unpaired) electrons. The lowest BCUT2D eigenvalue weighted by Gasteiger charge is -2.10. The van der Waals surface area contributed by atoms with Gasteiger partial charge in [-0.3, -0.25) is 0 Å². The summed E-state index contributed by atoms with van der Waals surface area (Å²) in [5, 5.41) is 14.3. The second-order valence-corrected chi connectivity index (χ2v) is 6.60. The Hall–Kier alpha value is -2.81. The highest BCUT2D eigenvalue weighted by Crippen LogP contribution is 2.21. The van der Waals surface area contributed by atoms with Gasteiger partial charge in [-0.15, -0.1) is 16.4 Å². The van der Waals surface area contributed by atoms with Crippen LogP contribution < -0.4 is 4.74 Å². The number of ether oxygens (including phenoxy) is 2. The molecule has 3 aromatic rings. The number of aromatic nitrogens is 5. The number of thiazole rings is 1. The minimum atomic E-state index is -0.485. The molecule has 0 atom stereocenters. The van der Waals surface area contributed by atoms with Crippen molar-refractivity contribution in [1.29, 1.82) is 0 Å². The van der Waals surface area contributed by atoms with Gasteiger partial charge in [0.25, 0.3) is 0 Å². The van der Waals surface area contributed by atoms with Gasteiger partial charge < -0.3 is 9.47 Å². The van der Waals surface area contributed by atoms with Crippen LogP contribution in [0.1, 0.15) is 40.2 Å². The van der Waals surface area contributed by atoms with E-state index < -0.39 is 5.97 Å². The third-order valence-corrected chi connectivity index (χ3v) is 4.35. The molecule has 8 nitrogen and oxygen atoms in total. The molecular formula is C17H19N5O3S. The van der Waals surface area contributed by atoms with Crippen molar-refractivity contribution in [2.45, 2.75) is 40.0 Å². The first kappa shape index (κ1) is 18.0. The second-order valence-electron chi connectivity index (χ2n) is 5.54. The van der Waals surface area contributed by atoms with Crippen molar-refractivity contribution in [3.8, 4) is 5.75 Å². The number of rotatable bonds is 8. The highest BCUT2D eigenvalue weighted by molar-refractivity contribution is 7.09. The largest absolute Gasteiger partial charge is 0.486 e. The molecular weight excluding hydrogens is 354 g/mol. The number of para-hydroxylation sites is 1. The number of carbonyl (C=O) groups is 1. The highest BCUT2D eigenvalue weighted by Gasteiger charge is 2.16. The van der Waals surface area contributed by atoms with Gasteiger partial charge in [0, 0.05) is 11.9 Å². The zero-order valence-electron chi connectivity index (χ0n) is 14.6. The molecule has 0 amide bonds. The van der Waals surface area contributed by atoms with Crippen LogP contribution in [0.4, 0.5) is 0 Å². The van der Waals surface area contributed by atoms with Gasteiger partial charge in [-0.2, -0.15) is 0 Å². The third-order valence-electron chi connectivity index (χ3n) is 3.52. The Morgan fingerprint density at radius 1 is 1.27 bits per heavy atom. The number of benzene rings is 1. The van der Waals surface area contributed by atoms with Crippen molar-refractivity contribution in [3.05, 3.63) is 51.7 Å². The molecule has 0 unspecified atom stereocenters. The van der Waals surface area contributed by atoms with Crippen LogP contribution in [0.3, 0.4) is 0 Å². The van der Waals surface area contributed by atoms with E-state index in [1.54, 1.807) is 40.3 Å². The molecule has 1 aromatic carbocycles. The van der Waals surface area contributed by atoms with E-state index in [1.807, 2.05) is 19.2 Å². The van der Waals surface area contributed by atoms with Gasteiger partial charge in [0.15, 0.2) is 12.4 Å². The van der Waals surface area contributed by atoms with Crippen LogP contribution in [-0.2, 0) is 24.5 Å². The van der Waals surface area contributed by atoms with Crippen molar-refractivity contribution in [1.82, 2.24) is 25.2 Å². The maximum atomic E-state index is 12.5. The molecule has 0 fully saturated rings. The Labute approximate surface area is 154 Å². The number of hydrogen-bond donors (Lipinski definition) is 0. The van der Waals surface area contributed by atoms with E-state index in [2.05, 4.69) is 20.5 Å². The number of nitrogens with zero attached hydrogens (tertiary/aromatic N) is 5. The Morgan fingerprint density at radius 2 is 2.12 bits per heavy atom. The van der Waals surface area contributed by atoms with Gasteiger partial charge >= 0.3 is 5.97 Å². The fourth-order valence-corrected chi connectivity index (χ4v) is 2.90. The average molecular weight is 373 g/mol. The molecule has 0 N–H and O–H groups in total. The number of carbonyl (C=O) groups excluding carboxylic acids is 1. The quantitative estimate of drug-likeness (QED) is 0.561. The van der Waals surface area contributed by atoms with E-state index in [1.165, 1.54) is 0 Å². The summed E-state index contributed by atoms with van der Waals surface area (Å²) in [4.78, 5) is 16.8. The Kier molecular flexibility index (Phi) is 5.90. The number of tetrazole rings is 1. The second kappa shape index (κ2) is 8.52. The first-order chi connectivity index (χ1) is 12.7. The van der Waals surface area contributed by atoms with Crippen LogP contribution in [0.15, 0.2) is 29.6 Å². The molecule has 136 valence electrons. The molecule has 26 heavy (non-hydrogen) atoms. The highest BCUT2D eigenvalue weighted by atomic mass is 32.1. The first-order valence-corrected chi connectivity index (χ1v) is 9.10. The van der Waals surface area contributed by atoms with Crippen LogP contribution >= 0.6 is 11.3 Å². The average Bonchev–Trinajstić information content (AvgIpc) is 3.27.